The van der Waals surface area contributed by atoms with Crippen LogP contribution in [0.25, 0.3) is 0 Å². The van der Waals surface area contributed by atoms with Crippen LogP contribution in [0, 0.1) is 0 Å². The van der Waals surface area contributed by atoms with Gasteiger partial charge in [0.1, 0.15) is 11.5 Å². The Labute approximate surface area is 149 Å². The van der Waals surface area contributed by atoms with Gasteiger partial charge in [-0.15, -0.1) is 0 Å². The summed E-state index contributed by atoms with van der Waals surface area (Å²) in [6.45, 7) is 1.04. The van der Waals surface area contributed by atoms with Crippen LogP contribution in [-0.4, -0.2) is 35.7 Å². The van der Waals surface area contributed by atoms with Crippen molar-refractivity contribution in [2.24, 2.45) is 0 Å². The number of hydrogen-bond donors (Lipinski definition) is 1. The first-order valence-corrected chi connectivity index (χ1v) is 7.79. The molecule has 3 rings (SSSR count). The fourth-order valence-corrected chi connectivity index (χ4v) is 3.20. The topological polar surface area (TPSA) is 99.1 Å². The Hall–Kier alpha value is -3.35. The van der Waals surface area contributed by atoms with Gasteiger partial charge in [-0.3, -0.25) is 4.79 Å². The van der Waals surface area contributed by atoms with E-state index >= 15 is 0 Å². The molecule has 1 aliphatic heterocycles. The van der Waals surface area contributed by atoms with Gasteiger partial charge < -0.3 is 19.3 Å². The van der Waals surface area contributed by atoms with Crippen LogP contribution in [0.15, 0.2) is 48.5 Å². The molecule has 0 saturated carbocycles. The summed E-state index contributed by atoms with van der Waals surface area (Å²) in [5, 5.41) is 9.96. The maximum absolute atomic E-state index is 12.6. The first kappa shape index (κ1) is 17.5. The highest BCUT2D eigenvalue weighted by atomic mass is 16.6. The van der Waals surface area contributed by atoms with Gasteiger partial charge in [0.05, 0.1) is 13.0 Å². The van der Waals surface area contributed by atoms with Crippen LogP contribution in [0.4, 0.5) is 0 Å². The molecule has 0 fully saturated rings. The quantitative estimate of drug-likeness (QED) is 0.663. The summed E-state index contributed by atoms with van der Waals surface area (Å²) in [5.74, 6) is -4.12. The lowest BCUT2D eigenvalue weighted by molar-refractivity contribution is -0.193. The van der Waals surface area contributed by atoms with Gasteiger partial charge in [0.2, 0.25) is 0 Å². The zero-order valence-electron chi connectivity index (χ0n) is 14.1. The summed E-state index contributed by atoms with van der Waals surface area (Å²) >= 11 is 0. The van der Waals surface area contributed by atoms with Crippen molar-refractivity contribution in [3.8, 4) is 11.5 Å². The smallest absolute Gasteiger partial charge is 0.363 e. The van der Waals surface area contributed by atoms with Crippen molar-refractivity contribution in [3.05, 3.63) is 59.7 Å². The van der Waals surface area contributed by atoms with Crippen molar-refractivity contribution in [3.63, 3.8) is 0 Å². The van der Waals surface area contributed by atoms with Gasteiger partial charge >= 0.3 is 23.5 Å². The number of rotatable bonds is 4. The second kappa shape index (κ2) is 6.51. The Morgan fingerprint density at radius 1 is 1.00 bits per heavy atom. The van der Waals surface area contributed by atoms with Crippen LogP contribution in [0.3, 0.4) is 0 Å². The summed E-state index contributed by atoms with van der Waals surface area (Å²) in [6.07, 6.45) is 0. The predicted octanol–water partition coefficient (Wildman–Crippen LogP) is 2.48. The molecule has 0 amide bonds. The Kier molecular flexibility index (Phi) is 4.38. The van der Waals surface area contributed by atoms with Gasteiger partial charge in [0, 0.05) is 18.1 Å². The second-order valence-corrected chi connectivity index (χ2v) is 5.74. The van der Waals surface area contributed by atoms with Crippen molar-refractivity contribution in [1.29, 1.82) is 0 Å². The highest BCUT2D eigenvalue weighted by Gasteiger charge is 2.60. The lowest BCUT2D eigenvalue weighted by Gasteiger charge is -2.37. The Morgan fingerprint density at radius 2 is 1.50 bits per heavy atom. The molecule has 0 radical (unpaired) electrons. The molecule has 2 aromatic carbocycles. The number of methoxy groups -OCH3 is 1. The first-order chi connectivity index (χ1) is 12.4. The van der Waals surface area contributed by atoms with E-state index in [0.717, 1.165) is 14.0 Å². The highest BCUT2D eigenvalue weighted by Crippen LogP contribution is 2.50. The minimum Gasteiger partial charge on any atom is -0.478 e. The molecule has 1 unspecified atom stereocenters. The van der Waals surface area contributed by atoms with Crippen LogP contribution in [0.1, 0.15) is 24.0 Å². The van der Waals surface area contributed by atoms with E-state index in [1.807, 2.05) is 0 Å². The molecule has 7 heteroatoms. The minimum absolute atomic E-state index is 0.373. The third-order valence-electron chi connectivity index (χ3n) is 4.20. The van der Waals surface area contributed by atoms with Crippen LogP contribution in [-0.2, 0) is 23.9 Å². The van der Waals surface area contributed by atoms with E-state index in [1.54, 1.807) is 48.5 Å². The molecule has 1 aliphatic rings. The molecule has 0 spiro atoms. The maximum atomic E-state index is 12.6. The standard InChI is InChI=1S/C19H16O7/c1-11(20)26-19(17(21)22,18(23)24-2)16-12-7-3-5-9-14(12)25-15-10-6-4-8-13(15)16/h3-10,16H,1-2H3,(H,21,22). The minimum atomic E-state index is -2.59. The van der Waals surface area contributed by atoms with Gasteiger partial charge in [0.15, 0.2) is 0 Å². The van der Waals surface area contributed by atoms with Crippen molar-refractivity contribution in [2.75, 3.05) is 7.11 Å². The molecule has 1 atom stereocenters. The van der Waals surface area contributed by atoms with E-state index in [0.29, 0.717) is 22.6 Å². The molecule has 1 N–H and O–H groups in total. The number of para-hydroxylation sites is 2. The summed E-state index contributed by atoms with van der Waals surface area (Å²) < 4.78 is 15.7. The number of carbonyl (C=O) groups excluding carboxylic acids is 2. The summed E-state index contributed by atoms with van der Waals surface area (Å²) in [5.41, 5.74) is -1.78. The highest BCUT2D eigenvalue weighted by molar-refractivity contribution is 6.06. The Morgan fingerprint density at radius 3 is 1.92 bits per heavy atom. The Bertz CT molecular complexity index is 843. The zero-order chi connectivity index (χ0) is 18.9. The number of benzene rings is 2. The molecular formula is C19H16O7. The number of aliphatic carboxylic acids is 1. The van der Waals surface area contributed by atoms with Crippen LogP contribution in [0.5, 0.6) is 11.5 Å². The molecule has 0 aliphatic carbocycles. The van der Waals surface area contributed by atoms with Crippen molar-refractivity contribution in [2.45, 2.75) is 18.4 Å². The molecule has 134 valence electrons. The van der Waals surface area contributed by atoms with Crippen LogP contribution in [0.2, 0.25) is 0 Å². The normalized spacial score (nSPS) is 14.8. The fraction of sp³-hybridized carbons (Fsp3) is 0.211. The van der Waals surface area contributed by atoms with Gasteiger partial charge in [-0.05, 0) is 12.1 Å². The number of carboxylic acids is 1. The largest absolute Gasteiger partial charge is 0.478 e. The molecule has 0 saturated heterocycles. The Balaban J connectivity index is 2.35. The molecule has 0 aromatic heterocycles. The number of fused-ring (bicyclic) bond motifs is 2. The number of carboxylic acid groups (broad SMARTS) is 1. The van der Waals surface area contributed by atoms with E-state index < -0.39 is 29.4 Å². The van der Waals surface area contributed by atoms with E-state index in [-0.39, 0.29) is 0 Å². The van der Waals surface area contributed by atoms with Crippen molar-refractivity contribution < 1.29 is 33.7 Å². The monoisotopic (exact) mass is 356 g/mol. The fourth-order valence-electron chi connectivity index (χ4n) is 3.20. The van der Waals surface area contributed by atoms with E-state index in [1.165, 1.54) is 0 Å². The van der Waals surface area contributed by atoms with Gasteiger partial charge in [-0.2, -0.15) is 0 Å². The van der Waals surface area contributed by atoms with Gasteiger partial charge in [-0.25, -0.2) is 9.59 Å². The average Bonchev–Trinajstić information content (AvgIpc) is 2.63. The molecule has 0 bridgehead atoms. The van der Waals surface area contributed by atoms with Gasteiger partial charge in [-0.1, -0.05) is 36.4 Å². The number of ether oxygens (including phenoxy) is 3. The lowest BCUT2D eigenvalue weighted by atomic mass is 9.75. The maximum Gasteiger partial charge on any atom is 0.363 e. The van der Waals surface area contributed by atoms with Crippen LogP contribution < -0.4 is 4.74 Å². The predicted molar refractivity (Wildman–Crippen MR) is 88.9 cm³/mol. The molecule has 26 heavy (non-hydrogen) atoms. The van der Waals surface area contributed by atoms with E-state index in [9.17, 15) is 19.5 Å². The van der Waals surface area contributed by atoms with Crippen molar-refractivity contribution >= 4 is 17.9 Å². The molecular weight excluding hydrogens is 340 g/mol. The van der Waals surface area contributed by atoms with Crippen molar-refractivity contribution in [1.82, 2.24) is 0 Å². The summed E-state index contributed by atoms with van der Waals surface area (Å²) in [6, 6.07) is 13.3. The molecule has 7 nitrogen and oxygen atoms in total. The average molecular weight is 356 g/mol. The first-order valence-electron chi connectivity index (χ1n) is 7.79. The van der Waals surface area contributed by atoms with E-state index in [2.05, 4.69) is 0 Å². The molecule has 2 aromatic rings. The third kappa shape index (κ3) is 2.57. The number of hydrogen-bond acceptors (Lipinski definition) is 6. The third-order valence-corrected chi connectivity index (χ3v) is 4.20. The van der Waals surface area contributed by atoms with Gasteiger partial charge in [0.25, 0.3) is 0 Å². The second-order valence-electron chi connectivity index (χ2n) is 5.74. The molecule has 1 heterocycles. The summed E-state index contributed by atoms with van der Waals surface area (Å²) in [7, 11) is 1.04. The lowest BCUT2D eigenvalue weighted by Crippen LogP contribution is -2.56. The zero-order valence-corrected chi connectivity index (χ0v) is 14.1. The SMILES string of the molecule is COC(=O)C(OC(C)=O)(C(=O)O)C1c2ccccc2Oc2ccccc21. The number of esters is 2. The number of carbonyl (C=O) groups is 3. The van der Waals surface area contributed by atoms with Crippen LogP contribution >= 0.6 is 0 Å². The van der Waals surface area contributed by atoms with E-state index in [4.69, 9.17) is 14.2 Å². The summed E-state index contributed by atoms with van der Waals surface area (Å²) in [4.78, 5) is 36.6.